The van der Waals surface area contributed by atoms with E-state index in [0.29, 0.717) is 18.7 Å². The van der Waals surface area contributed by atoms with Crippen molar-refractivity contribution in [2.24, 2.45) is 0 Å². The molecule has 0 fully saturated rings. The fourth-order valence-corrected chi connectivity index (χ4v) is 1.73. The number of aromatic nitrogens is 4. The predicted octanol–water partition coefficient (Wildman–Crippen LogP) is 0.614. The van der Waals surface area contributed by atoms with Crippen molar-refractivity contribution in [1.82, 2.24) is 20.2 Å². The molecule has 0 radical (unpaired) electrons. The number of carboxylic acids is 1. The molecule has 0 aliphatic rings. The first-order valence-corrected chi connectivity index (χ1v) is 6.08. The minimum atomic E-state index is -0.883. The SMILES string of the molecule is CCc1nnnn1C(CCSC)C(=O)O. The van der Waals surface area contributed by atoms with E-state index in [2.05, 4.69) is 15.5 Å². The van der Waals surface area contributed by atoms with Crippen molar-refractivity contribution in [3.8, 4) is 0 Å². The number of tetrazole rings is 1. The van der Waals surface area contributed by atoms with E-state index in [0.717, 1.165) is 5.75 Å². The molecule has 1 rings (SSSR count). The molecule has 0 bridgehead atoms. The highest BCUT2D eigenvalue weighted by atomic mass is 32.2. The molecular weight excluding hydrogens is 216 g/mol. The third kappa shape index (κ3) is 2.92. The summed E-state index contributed by atoms with van der Waals surface area (Å²) in [5.41, 5.74) is 0. The molecular formula is C8H14N4O2S. The van der Waals surface area contributed by atoms with Crippen LogP contribution in [0.1, 0.15) is 25.2 Å². The number of nitrogens with zero attached hydrogens (tertiary/aromatic N) is 4. The van der Waals surface area contributed by atoms with Gasteiger partial charge in [0, 0.05) is 6.42 Å². The zero-order valence-electron chi connectivity index (χ0n) is 8.75. The zero-order chi connectivity index (χ0) is 11.3. The van der Waals surface area contributed by atoms with Gasteiger partial charge in [-0.1, -0.05) is 6.92 Å². The third-order valence-electron chi connectivity index (χ3n) is 2.05. The van der Waals surface area contributed by atoms with Crippen molar-refractivity contribution in [2.45, 2.75) is 25.8 Å². The Morgan fingerprint density at radius 3 is 2.93 bits per heavy atom. The smallest absolute Gasteiger partial charge is 0.328 e. The molecule has 1 aromatic heterocycles. The second-order valence-electron chi connectivity index (χ2n) is 3.03. The Morgan fingerprint density at radius 2 is 2.40 bits per heavy atom. The van der Waals surface area contributed by atoms with E-state index in [1.807, 2.05) is 13.2 Å². The van der Waals surface area contributed by atoms with Crippen LogP contribution in [-0.4, -0.2) is 43.3 Å². The molecule has 0 amide bonds. The van der Waals surface area contributed by atoms with Crippen LogP contribution in [0.3, 0.4) is 0 Å². The fraction of sp³-hybridized carbons (Fsp3) is 0.750. The predicted molar refractivity (Wildman–Crippen MR) is 56.9 cm³/mol. The van der Waals surface area contributed by atoms with Crippen LogP contribution in [-0.2, 0) is 11.2 Å². The third-order valence-corrected chi connectivity index (χ3v) is 2.70. The summed E-state index contributed by atoms with van der Waals surface area (Å²) in [6.45, 7) is 1.90. The standard InChI is InChI=1S/C8H14N4O2S/c1-3-7-9-10-11-12(7)6(8(13)14)4-5-15-2/h6H,3-5H2,1-2H3,(H,13,14). The molecule has 1 unspecified atom stereocenters. The Balaban J connectivity index is 2.83. The summed E-state index contributed by atoms with van der Waals surface area (Å²) < 4.78 is 1.40. The number of thioether (sulfide) groups is 1. The van der Waals surface area contributed by atoms with E-state index in [-0.39, 0.29) is 0 Å². The monoisotopic (exact) mass is 230 g/mol. The molecule has 1 atom stereocenters. The van der Waals surface area contributed by atoms with Crippen molar-refractivity contribution in [2.75, 3.05) is 12.0 Å². The van der Waals surface area contributed by atoms with E-state index in [4.69, 9.17) is 5.11 Å². The fourth-order valence-electron chi connectivity index (χ4n) is 1.27. The second-order valence-corrected chi connectivity index (χ2v) is 4.01. The van der Waals surface area contributed by atoms with Crippen molar-refractivity contribution < 1.29 is 9.90 Å². The molecule has 15 heavy (non-hydrogen) atoms. The van der Waals surface area contributed by atoms with Gasteiger partial charge < -0.3 is 5.11 Å². The topological polar surface area (TPSA) is 80.9 Å². The summed E-state index contributed by atoms with van der Waals surface area (Å²) in [5, 5.41) is 20.1. The van der Waals surface area contributed by atoms with Crippen LogP contribution in [0.4, 0.5) is 0 Å². The van der Waals surface area contributed by atoms with Gasteiger partial charge in [-0.05, 0) is 28.9 Å². The van der Waals surface area contributed by atoms with Crippen LogP contribution in [0.5, 0.6) is 0 Å². The summed E-state index contributed by atoms with van der Waals surface area (Å²) in [6, 6.07) is -0.651. The van der Waals surface area contributed by atoms with E-state index in [1.54, 1.807) is 11.8 Å². The van der Waals surface area contributed by atoms with Gasteiger partial charge in [0.15, 0.2) is 11.9 Å². The Kier molecular flexibility index (Phi) is 4.54. The van der Waals surface area contributed by atoms with E-state index in [9.17, 15) is 4.79 Å². The summed E-state index contributed by atoms with van der Waals surface area (Å²) in [4.78, 5) is 11.0. The summed E-state index contributed by atoms with van der Waals surface area (Å²) >= 11 is 1.61. The van der Waals surface area contributed by atoms with Crippen molar-refractivity contribution in [3.63, 3.8) is 0 Å². The second kappa shape index (κ2) is 5.69. The van der Waals surface area contributed by atoms with Gasteiger partial charge in [-0.2, -0.15) is 11.8 Å². The largest absolute Gasteiger partial charge is 0.480 e. The number of carbonyl (C=O) groups is 1. The summed E-state index contributed by atoms with van der Waals surface area (Å²) in [7, 11) is 0. The molecule has 0 aromatic carbocycles. The normalized spacial score (nSPS) is 12.7. The molecule has 1 heterocycles. The van der Waals surface area contributed by atoms with Gasteiger partial charge in [-0.15, -0.1) is 5.10 Å². The average Bonchev–Trinajstić information content (AvgIpc) is 2.66. The number of carboxylic acid groups (broad SMARTS) is 1. The first-order chi connectivity index (χ1) is 7.20. The molecule has 0 saturated heterocycles. The van der Waals surface area contributed by atoms with E-state index in [1.165, 1.54) is 4.68 Å². The number of aliphatic carboxylic acids is 1. The van der Waals surface area contributed by atoms with Crippen LogP contribution >= 0.6 is 11.8 Å². The zero-order valence-corrected chi connectivity index (χ0v) is 9.57. The number of rotatable bonds is 6. The minimum Gasteiger partial charge on any atom is -0.480 e. The summed E-state index contributed by atoms with van der Waals surface area (Å²) in [6.07, 6.45) is 3.11. The Hall–Kier alpha value is -1.11. The molecule has 84 valence electrons. The average molecular weight is 230 g/mol. The molecule has 0 saturated carbocycles. The molecule has 0 aliphatic heterocycles. The van der Waals surface area contributed by atoms with Crippen molar-refractivity contribution >= 4 is 17.7 Å². The molecule has 7 heteroatoms. The maximum Gasteiger partial charge on any atom is 0.328 e. The lowest BCUT2D eigenvalue weighted by Crippen LogP contribution is -2.23. The first kappa shape index (κ1) is 12.0. The molecule has 6 nitrogen and oxygen atoms in total. The number of hydrogen-bond donors (Lipinski definition) is 1. The molecule has 0 aliphatic carbocycles. The minimum absolute atomic E-state index is 0.536. The maximum absolute atomic E-state index is 11.0. The van der Waals surface area contributed by atoms with Crippen LogP contribution in [0.2, 0.25) is 0 Å². The van der Waals surface area contributed by atoms with Crippen molar-refractivity contribution in [3.05, 3.63) is 5.82 Å². The molecule has 0 spiro atoms. The van der Waals surface area contributed by atoms with Gasteiger partial charge in [0.2, 0.25) is 0 Å². The van der Waals surface area contributed by atoms with Crippen LogP contribution in [0, 0.1) is 0 Å². The van der Waals surface area contributed by atoms with Gasteiger partial charge in [-0.25, -0.2) is 9.48 Å². The lowest BCUT2D eigenvalue weighted by atomic mass is 10.2. The van der Waals surface area contributed by atoms with Crippen LogP contribution in [0.15, 0.2) is 0 Å². The Morgan fingerprint density at radius 1 is 1.67 bits per heavy atom. The highest BCUT2D eigenvalue weighted by Gasteiger charge is 2.22. The van der Waals surface area contributed by atoms with Gasteiger partial charge in [-0.3, -0.25) is 0 Å². The van der Waals surface area contributed by atoms with E-state index >= 15 is 0 Å². The number of aryl methyl sites for hydroxylation is 1. The summed E-state index contributed by atoms with van der Waals surface area (Å²) in [5.74, 6) is 0.509. The van der Waals surface area contributed by atoms with Gasteiger partial charge in [0.1, 0.15) is 0 Å². The highest BCUT2D eigenvalue weighted by Crippen LogP contribution is 2.14. The first-order valence-electron chi connectivity index (χ1n) is 4.69. The van der Waals surface area contributed by atoms with Gasteiger partial charge >= 0.3 is 5.97 Å². The molecule has 1 N–H and O–H groups in total. The highest BCUT2D eigenvalue weighted by molar-refractivity contribution is 7.98. The Labute approximate surface area is 92.0 Å². The maximum atomic E-state index is 11.0. The molecule has 1 aromatic rings. The van der Waals surface area contributed by atoms with Crippen molar-refractivity contribution in [1.29, 1.82) is 0 Å². The Bertz CT molecular complexity index is 328. The lowest BCUT2D eigenvalue weighted by molar-refractivity contribution is -0.141. The van der Waals surface area contributed by atoms with Gasteiger partial charge in [0.25, 0.3) is 0 Å². The van der Waals surface area contributed by atoms with E-state index < -0.39 is 12.0 Å². The lowest BCUT2D eigenvalue weighted by Gasteiger charge is -2.12. The quantitative estimate of drug-likeness (QED) is 0.771. The van der Waals surface area contributed by atoms with Gasteiger partial charge in [0.05, 0.1) is 0 Å². The van der Waals surface area contributed by atoms with Crippen LogP contribution < -0.4 is 0 Å². The van der Waals surface area contributed by atoms with Crippen LogP contribution in [0.25, 0.3) is 0 Å². The number of hydrogen-bond acceptors (Lipinski definition) is 5.